The molecule has 1 aromatic rings. The Morgan fingerprint density at radius 3 is 2.40 bits per heavy atom. The zero-order chi connectivity index (χ0) is 11.9. The first-order valence-electron chi connectivity index (χ1n) is 3.43. The van der Waals surface area contributed by atoms with Crippen molar-refractivity contribution in [1.29, 1.82) is 0 Å². The Bertz CT molecular complexity index is 464. The summed E-state index contributed by atoms with van der Waals surface area (Å²) >= 11 is 0. The Morgan fingerprint density at radius 2 is 2.07 bits per heavy atom. The number of hydrogen-bond donors (Lipinski definition) is 1. The van der Waals surface area contributed by atoms with Gasteiger partial charge in [-0.2, -0.15) is 31.8 Å². The molecule has 0 aliphatic heterocycles. The van der Waals surface area contributed by atoms with Crippen molar-refractivity contribution in [1.82, 2.24) is 9.78 Å². The van der Waals surface area contributed by atoms with Crippen molar-refractivity contribution in [2.24, 2.45) is 12.2 Å². The zero-order valence-corrected chi connectivity index (χ0v) is 8.13. The fraction of sp³-hybridized carbons (Fsp3) is 0.400. The Kier molecular flexibility index (Phi) is 2.65. The van der Waals surface area contributed by atoms with E-state index in [0.29, 0.717) is 10.7 Å². The maximum absolute atomic E-state index is 12.1. The van der Waals surface area contributed by atoms with Crippen LogP contribution in [0.15, 0.2) is 6.07 Å². The Balaban J connectivity index is 3.08. The van der Waals surface area contributed by atoms with Gasteiger partial charge in [0.05, 0.1) is 0 Å². The van der Waals surface area contributed by atoms with E-state index in [1.165, 1.54) is 0 Å². The summed E-state index contributed by atoms with van der Waals surface area (Å²) in [5.41, 5.74) is -1.26. The van der Waals surface area contributed by atoms with Gasteiger partial charge >= 0.3 is 16.5 Å². The van der Waals surface area contributed by atoms with Crippen LogP contribution in [0.25, 0.3) is 0 Å². The first kappa shape index (κ1) is 11.8. The summed E-state index contributed by atoms with van der Waals surface area (Å²) in [6.45, 7) is 0. The molecule has 0 fully saturated rings. The van der Waals surface area contributed by atoms with Gasteiger partial charge in [-0.1, -0.05) is 0 Å². The predicted octanol–water partition coefficient (Wildman–Crippen LogP) is 0.0212. The SMILES string of the molecule is Cn1nc(C(F)(F)F)cc1OS(N)(=O)=O. The monoisotopic (exact) mass is 245 g/mol. The summed E-state index contributed by atoms with van der Waals surface area (Å²) in [5.74, 6) is -0.607. The summed E-state index contributed by atoms with van der Waals surface area (Å²) in [7, 11) is -3.27. The minimum absolute atomic E-state index is 0.435. The van der Waals surface area contributed by atoms with Gasteiger partial charge in [0, 0.05) is 13.1 Å². The minimum atomic E-state index is -4.67. The van der Waals surface area contributed by atoms with Crippen molar-refractivity contribution >= 4 is 10.3 Å². The molecule has 1 aromatic heterocycles. The van der Waals surface area contributed by atoms with Crippen molar-refractivity contribution in [2.45, 2.75) is 6.18 Å². The molecule has 6 nitrogen and oxygen atoms in total. The lowest BCUT2D eigenvalue weighted by Gasteiger charge is -1.99. The topological polar surface area (TPSA) is 87.2 Å². The van der Waals surface area contributed by atoms with Crippen molar-refractivity contribution in [3.8, 4) is 5.88 Å². The van der Waals surface area contributed by atoms with Gasteiger partial charge in [-0.3, -0.25) is 0 Å². The van der Waals surface area contributed by atoms with Gasteiger partial charge in [-0.05, 0) is 0 Å². The van der Waals surface area contributed by atoms with Gasteiger partial charge in [0.25, 0.3) is 0 Å². The first-order chi connectivity index (χ1) is 6.59. The van der Waals surface area contributed by atoms with E-state index in [2.05, 4.69) is 14.4 Å². The van der Waals surface area contributed by atoms with Gasteiger partial charge in [-0.25, -0.2) is 4.68 Å². The highest BCUT2D eigenvalue weighted by atomic mass is 32.2. The standard InChI is InChI=1S/C5H6F3N3O3S/c1-11-4(14-15(9,12)13)2-3(10-11)5(6,7)8/h2H,1H3,(H2,9,12,13). The number of nitrogens with zero attached hydrogens (tertiary/aromatic N) is 2. The van der Waals surface area contributed by atoms with Crippen LogP contribution in [-0.4, -0.2) is 18.2 Å². The lowest BCUT2D eigenvalue weighted by atomic mass is 10.4. The lowest BCUT2D eigenvalue weighted by Crippen LogP contribution is -2.20. The highest BCUT2D eigenvalue weighted by molar-refractivity contribution is 7.84. The molecule has 10 heteroatoms. The molecule has 0 radical (unpaired) electrons. The van der Waals surface area contributed by atoms with Crippen LogP contribution in [0.5, 0.6) is 5.88 Å². The van der Waals surface area contributed by atoms with E-state index >= 15 is 0 Å². The number of alkyl halides is 3. The van der Waals surface area contributed by atoms with Crippen LogP contribution < -0.4 is 9.32 Å². The molecular formula is C5H6F3N3O3S. The fourth-order valence-electron chi connectivity index (χ4n) is 0.786. The van der Waals surface area contributed by atoms with Crippen LogP contribution in [0.2, 0.25) is 0 Å². The van der Waals surface area contributed by atoms with Crippen molar-refractivity contribution in [3.63, 3.8) is 0 Å². The van der Waals surface area contributed by atoms with E-state index < -0.39 is 28.1 Å². The van der Waals surface area contributed by atoms with E-state index in [-0.39, 0.29) is 0 Å². The summed E-state index contributed by atoms with van der Waals surface area (Å²) in [4.78, 5) is 0. The molecular weight excluding hydrogens is 239 g/mol. The number of hydrogen-bond acceptors (Lipinski definition) is 4. The molecule has 2 N–H and O–H groups in total. The molecule has 0 aliphatic rings. The quantitative estimate of drug-likeness (QED) is 0.795. The smallest absolute Gasteiger partial charge is 0.351 e. The van der Waals surface area contributed by atoms with Gasteiger partial charge in [0.2, 0.25) is 5.88 Å². The molecule has 1 rings (SSSR count). The van der Waals surface area contributed by atoms with Crippen molar-refractivity contribution < 1.29 is 25.8 Å². The number of aryl methyl sites for hydroxylation is 1. The summed E-state index contributed by atoms with van der Waals surface area (Å²) < 4.78 is 61.9. The molecule has 15 heavy (non-hydrogen) atoms. The third-order valence-electron chi connectivity index (χ3n) is 1.33. The molecule has 0 unspecified atom stereocenters. The minimum Gasteiger partial charge on any atom is -0.351 e. The molecule has 0 saturated heterocycles. The molecule has 0 amide bonds. The summed E-state index contributed by atoms with van der Waals surface area (Å²) in [6, 6.07) is 0.435. The highest BCUT2D eigenvalue weighted by Crippen LogP contribution is 2.30. The fourth-order valence-corrected chi connectivity index (χ4v) is 1.18. The zero-order valence-electron chi connectivity index (χ0n) is 7.32. The largest absolute Gasteiger partial charge is 0.435 e. The first-order valence-corrected chi connectivity index (χ1v) is 4.90. The normalized spacial score (nSPS) is 12.9. The molecule has 0 bridgehead atoms. The third kappa shape index (κ3) is 3.09. The van der Waals surface area contributed by atoms with Crippen LogP contribution in [0.3, 0.4) is 0 Å². The lowest BCUT2D eigenvalue weighted by molar-refractivity contribution is -0.141. The second kappa shape index (κ2) is 3.38. The molecule has 0 saturated carbocycles. The van der Waals surface area contributed by atoms with Gasteiger partial charge in [-0.15, -0.1) is 0 Å². The van der Waals surface area contributed by atoms with E-state index in [1.54, 1.807) is 0 Å². The van der Waals surface area contributed by atoms with Crippen molar-refractivity contribution in [2.75, 3.05) is 0 Å². The second-order valence-corrected chi connectivity index (χ2v) is 3.72. The molecule has 0 atom stereocenters. The average molecular weight is 245 g/mol. The van der Waals surface area contributed by atoms with Crippen LogP contribution in [0.4, 0.5) is 13.2 Å². The molecule has 86 valence electrons. The van der Waals surface area contributed by atoms with E-state index in [4.69, 9.17) is 0 Å². The predicted molar refractivity (Wildman–Crippen MR) is 41.9 cm³/mol. The molecule has 0 aliphatic carbocycles. The van der Waals surface area contributed by atoms with Crippen LogP contribution >= 0.6 is 0 Å². The second-order valence-electron chi connectivity index (χ2n) is 2.57. The number of aromatic nitrogens is 2. The van der Waals surface area contributed by atoms with E-state index in [9.17, 15) is 21.6 Å². The summed E-state index contributed by atoms with van der Waals surface area (Å²) in [6.07, 6.45) is -4.67. The molecule has 0 aromatic carbocycles. The number of nitrogens with two attached hydrogens (primary N) is 1. The number of rotatable bonds is 2. The van der Waals surface area contributed by atoms with Crippen molar-refractivity contribution in [3.05, 3.63) is 11.8 Å². The van der Waals surface area contributed by atoms with Gasteiger partial charge in [0.15, 0.2) is 5.69 Å². The third-order valence-corrected chi connectivity index (χ3v) is 1.73. The Labute approximate surface area is 82.7 Å². The molecule has 1 heterocycles. The van der Waals surface area contributed by atoms with Crippen LogP contribution in [-0.2, 0) is 23.5 Å². The Morgan fingerprint density at radius 1 is 1.53 bits per heavy atom. The van der Waals surface area contributed by atoms with Crippen LogP contribution in [0.1, 0.15) is 5.69 Å². The maximum Gasteiger partial charge on any atom is 0.435 e. The van der Waals surface area contributed by atoms with E-state index in [0.717, 1.165) is 7.05 Å². The van der Waals surface area contributed by atoms with Gasteiger partial charge < -0.3 is 4.18 Å². The maximum atomic E-state index is 12.1. The number of halogens is 3. The van der Waals surface area contributed by atoms with Gasteiger partial charge in [0.1, 0.15) is 0 Å². The summed E-state index contributed by atoms with van der Waals surface area (Å²) in [5, 5.41) is 7.50. The van der Waals surface area contributed by atoms with Crippen LogP contribution in [0, 0.1) is 0 Å². The molecule has 0 spiro atoms. The van der Waals surface area contributed by atoms with E-state index in [1.807, 2.05) is 0 Å². The Hall–Kier alpha value is -1.29. The highest BCUT2D eigenvalue weighted by Gasteiger charge is 2.35. The average Bonchev–Trinajstić information content (AvgIpc) is 2.27.